The first-order valence-electron chi connectivity index (χ1n) is 11.5. The van der Waals surface area contributed by atoms with Gasteiger partial charge >= 0.3 is 0 Å². The molecule has 0 unspecified atom stereocenters. The lowest BCUT2D eigenvalue weighted by molar-refractivity contribution is -0.277. The van der Waals surface area contributed by atoms with Crippen LogP contribution in [0.3, 0.4) is 0 Å². The Labute approximate surface area is 215 Å². The Morgan fingerprint density at radius 1 is 0.868 bits per heavy atom. The van der Waals surface area contributed by atoms with E-state index in [1.54, 1.807) is 18.2 Å². The number of hydrogen-bond acceptors (Lipinski definition) is 13. The lowest BCUT2D eigenvalue weighted by atomic mass is 9.99. The van der Waals surface area contributed by atoms with Crippen molar-refractivity contribution in [3.05, 3.63) is 34.5 Å². The Kier molecular flexibility index (Phi) is 6.94. The van der Waals surface area contributed by atoms with Crippen LogP contribution in [0.1, 0.15) is 0 Å². The molecule has 0 amide bonds. The predicted octanol–water partition coefficient (Wildman–Crippen LogP) is 0.393. The van der Waals surface area contributed by atoms with Gasteiger partial charge in [-0.3, -0.25) is 4.79 Å². The fourth-order valence-corrected chi connectivity index (χ4v) is 4.44. The molecule has 5 atom stereocenters. The highest BCUT2D eigenvalue weighted by Gasteiger charge is 2.45. The van der Waals surface area contributed by atoms with Crippen LogP contribution in [0, 0.1) is 0 Å². The number of hydrogen-bond donors (Lipinski definition) is 4. The molecule has 204 valence electrons. The minimum atomic E-state index is -1.73. The zero-order valence-electron chi connectivity index (χ0n) is 20.6. The van der Waals surface area contributed by atoms with Gasteiger partial charge in [0.2, 0.25) is 30.3 Å². The number of aliphatic hydroxyl groups excluding tert-OH is 4. The number of aliphatic hydroxyl groups is 4. The van der Waals surface area contributed by atoms with Gasteiger partial charge in [0.1, 0.15) is 35.6 Å². The van der Waals surface area contributed by atoms with E-state index in [1.807, 2.05) is 0 Å². The second-order valence-corrected chi connectivity index (χ2v) is 8.49. The predicted molar refractivity (Wildman–Crippen MR) is 128 cm³/mol. The van der Waals surface area contributed by atoms with Crippen LogP contribution in [0.15, 0.2) is 33.5 Å². The van der Waals surface area contributed by atoms with Gasteiger partial charge in [0, 0.05) is 11.6 Å². The number of fused-ring (bicyclic) bond motifs is 2. The highest BCUT2D eigenvalue weighted by molar-refractivity contribution is 5.95. The molecule has 5 rings (SSSR count). The van der Waals surface area contributed by atoms with E-state index in [-0.39, 0.29) is 46.5 Å². The molecule has 2 aliphatic rings. The molecule has 2 aromatic carbocycles. The van der Waals surface area contributed by atoms with Crippen LogP contribution in [-0.2, 0) is 4.74 Å². The second kappa shape index (κ2) is 10.2. The molecule has 0 bridgehead atoms. The van der Waals surface area contributed by atoms with Crippen molar-refractivity contribution in [2.45, 2.75) is 30.7 Å². The molecular weight excluding hydrogens is 508 g/mol. The smallest absolute Gasteiger partial charge is 0.231 e. The fraction of sp³-hybridized carbons (Fsp3) is 0.400. The van der Waals surface area contributed by atoms with Crippen molar-refractivity contribution in [3.63, 3.8) is 0 Å². The highest BCUT2D eigenvalue weighted by Crippen LogP contribution is 2.51. The molecule has 1 saturated heterocycles. The molecule has 0 radical (unpaired) electrons. The van der Waals surface area contributed by atoms with Gasteiger partial charge in [0.15, 0.2) is 28.3 Å². The van der Waals surface area contributed by atoms with Crippen molar-refractivity contribution in [1.82, 2.24) is 0 Å². The molecule has 0 aliphatic carbocycles. The Balaban J connectivity index is 1.68. The van der Waals surface area contributed by atoms with Crippen LogP contribution in [0.4, 0.5) is 0 Å². The lowest BCUT2D eigenvalue weighted by Gasteiger charge is -2.39. The summed E-state index contributed by atoms with van der Waals surface area (Å²) >= 11 is 0. The molecule has 3 aromatic rings. The summed E-state index contributed by atoms with van der Waals surface area (Å²) in [6.07, 6.45) is -7.82. The van der Waals surface area contributed by atoms with Gasteiger partial charge in [-0.25, -0.2) is 0 Å². The monoisotopic (exact) mass is 534 g/mol. The van der Waals surface area contributed by atoms with Gasteiger partial charge in [0.25, 0.3) is 0 Å². The van der Waals surface area contributed by atoms with Crippen molar-refractivity contribution in [2.75, 3.05) is 34.7 Å². The SMILES string of the molecule is COc1c(O[C@@H]2O[C@H](CO)[C@@H](O)[C@H](O)[C@H]2O)c(OC)c2oc(-c3ccc4c(c3)OCO4)cc(=O)c2c1OC. The molecule has 13 heteroatoms. The molecule has 0 saturated carbocycles. The molecule has 0 spiro atoms. The Morgan fingerprint density at radius 2 is 1.58 bits per heavy atom. The standard InChI is InChI=1S/C25H26O13/c1-31-20-16-11(27)7-13(10-4-5-12-14(6-10)35-9-34-12)36-21(16)23(33-3)24(22(20)32-2)38-25-19(30)18(29)17(28)15(8-26)37-25/h4-7,15,17-19,25-26,28-30H,8-9H2,1-3H3/t15-,17-,18+,19-,25+/m1/s1. The normalized spacial score (nSPS) is 24.3. The van der Waals surface area contributed by atoms with E-state index in [4.69, 9.17) is 37.6 Å². The molecule has 3 heterocycles. The van der Waals surface area contributed by atoms with Crippen LogP contribution in [0.5, 0.6) is 34.5 Å². The molecule has 38 heavy (non-hydrogen) atoms. The van der Waals surface area contributed by atoms with Crippen LogP contribution in [0.25, 0.3) is 22.3 Å². The molecular formula is C25H26O13. The van der Waals surface area contributed by atoms with Gasteiger partial charge in [0.05, 0.1) is 27.9 Å². The summed E-state index contributed by atoms with van der Waals surface area (Å²) in [4.78, 5) is 13.3. The number of ether oxygens (including phenoxy) is 7. The molecule has 2 aliphatic heterocycles. The third kappa shape index (κ3) is 4.14. The maximum absolute atomic E-state index is 13.3. The van der Waals surface area contributed by atoms with Crippen molar-refractivity contribution in [2.24, 2.45) is 0 Å². The van der Waals surface area contributed by atoms with Crippen LogP contribution in [0.2, 0.25) is 0 Å². The van der Waals surface area contributed by atoms with Crippen LogP contribution >= 0.6 is 0 Å². The van der Waals surface area contributed by atoms with Gasteiger partial charge in [-0.1, -0.05) is 0 Å². The summed E-state index contributed by atoms with van der Waals surface area (Å²) in [5.74, 6) is 0.784. The van der Waals surface area contributed by atoms with E-state index in [2.05, 4.69) is 0 Å². The molecule has 1 fully saturated rings. The van der Waals surface area contributed by atoms with Gasteiger partial charge in [-0.05, 0) is 18.2 Å². The Morgan fingerprint density at radius 3 is 2.26 bits per heavy atom. The van der Waals surface area contributed by atoms with E-state index in [9.17, 15) is 25.2 Å². The maximum Gasteiger partial charge on any atom is 0.231 e. The van der Waals surface area contributed by atoms with E-state index < -0.39 is 42.7 Å². The quantitative estimate of drug-likeness (QED) is 0.328. The first-order valence-corrected chi connectivity index (χ1v) is 11.5. The maximum atomic E-state index is 13.3. The van der Waals surface area contributed by atoms with E-state index in [1.165, 1.54) is 27.4 Å². The molecule has 4 N–H and O–H groups in total. The lowest BCUT2D eigenvalue weighted by Crippen LogP contribution is -2.60. The van der Waals surface area contributed by atoms with Gasteiger partial charge < -0.3 is 58.0 Å². The zero-order valence-corrected chi connectivity index (χ0v) is 20.6. The Bertz CT molecular complexity index is 1400. The van der Waals surface area contributed by atoms with Crippen LogP contribution in [-0.4, -0.2) is 85.9 Å². The van der Waals surface area contributed by atoms with Crippen molar-refractivity contribution >= 4 is 11.0 Å². The van der Waals surface area contributed by atoms with Crippen LogP contribution < -0.4 is 33.8 Å². The summed E-state index contributed by atoms with van der Waals surface area (Å²) in [5.41, 5.74) is -0.0295. The van der Waals surface area contributed by atoms with Gasteiger partial charge in [-0.2, -0.15) is 0 Å². The Hall–Kier alpha value is -3.75. The second-order valence-electron chi connectivity index (χ2n) is 8.49. The first kappa shape index (κ1) is 25.9. The molecule has 1 aromatic heterocycles. The van der Waals surface area contributed by atoms with Crippen molar-refractivity contribution in [1.29, 1.82) is 0 Å². The number of rotatable bonds is 7. The summed E-state index contributed by atoms with van der Waals surface area (Å²) in [7, 11) is 3.91. The summed E-state index contributed by atoms with van der Waals surface area (Å²) in [6.45, 7) is -0.586. The number of benzene rings is 2. The molecule has 13 nitrogen and oxygen atoms in total. The topological polar surface area (TPSA) is 176 Å². The highest BCUT2D eigenvalue weighted by atomic mass is 16.7. The fourth-order valence-electron chi connectivity index (χ4n) is 4.44. The third-order valence-corrected chi connectivity index (χ3v) is 6.35. The summed E-state index contributed by atoms with van der Waals surface area (Å²) < 4.78 is 44.8. The third-order valence-electron chi connectivity index (χ3n) is 6.35. The van der Waals surface area contributed by atoms with E-state index in [0.717, 1.165) is 0 Å². The average Bonchev–Trinajstić information content (AvgIpc) is 3.40. The number of methoxy groups -OCH3 is 3. The summed E-state index contributed by atoms with van der Waals surface area (Å²) in [6, 6.07) is 6.31. The van der Waals surface area contributed by atoms with E-state index >= 15 is 0 Å². The van der Waals surface area contributed by atoms with Crippen molar-refractivity contribution < 1.29 is 58.0 Å². The zero-order chi connectivity index (χ0) is 27.1. The van der Waals surface area contributed by atoms with Gasteiger partial charge in [-0.15, -0.1) is 0 Å². The minimum Gasteiger partial charge on any atom is -0.492 e. The summed E-state index contributed by atoms with van der Waals surface area (Å²) in [5, 5.41) is 40.3. The van der Waals surface area contributed by atoms with E-state index in [0.29, 0.717) is 17.1 Å². The average molecular weight is 534 g/mol. The van der Waals surface area contributed by atoms with Crippen molar-refractivity contribution in [3.8, 4) is 45.8 Å². The first-order chi connectivity index (χ1) is 18.3. The minimum absolute atomic E-state index is 0.00755. The largest absolute Gasteiger partial charge is 0.492 e.